The molecule has 3 rings (SSSR count). The predicted octanol–water partition coefficient (Wildman–Crippen LogP) is 5.06. The summed E-state index contributed by atoms with van der Waals surface area (Å²) in [4.78, 5) is 6.58. The van der Waals surface area contributed by atoms with Gasteiger partial charge >= 0.3 is 0 Å². The number of aromatic nitrogens is 1. The molecule has 0 bridgehead atoms. The van der Waals surface area contributed by atoms with Crippen molar-refractivity contribution < 1.29 is 4.74 Å². The van der Waals surface area contributed by atoms with E-state index >= 15 is 0 Å². The van der Waals surface area contributed by atoms with Crippen LogP contribution in [0.15, 0.2) is 68.8 Å². The molecule has 0 radical (unpaired) electrons. The van der Waals surface area contributed by atoms with Crippen LogP contribution in [0.1, 0.15) is 11.3 Å². The zero-order valence-corrected chi connectivity index (χ0v) is 15.0. The maximum Gasteiger partial charge on any atom is 0.203 e. The van der Waals surface area contributed by atoms with Crippen molar-refractivity contribution in [2.24, 2.45) is 5.10 Å². The number of methoxy groups -OCH3 is 1. The van der Waals surface area contributed by atoms with Gasteiger partial charge in [0.25, 0.3) is 0 Å². The summed E-state index contributed by atoms with van der Waals surface area (Å²) in [7, 11) is 1.68. The fourth-order valence-electron chi connectivity index (χ4n) is 2.03. The molecule has 1 N–H and O–H groups in total. The molecule has 1 aromatic heterocycles. The summed E-state index contributed by atoms with van der Waals surface area (Å²) in [6, 6.07) is 16.2. The topological polar surface area (TPSA) is 46.5 Å². The highest BCUT2D eigenvalue weighted by molar-refractivity contribution is 7.99. The second kappa shape index (κ2) is 7.99. The molecule has 3 aromatic rings. The Bertz CT molecular complexity index is 846. The molecule has 4 nitrogen and oxygen atoms in total. The molecule has 122 valence electrons. The summed E-state index contributed by atoms with van der Waals surface area (Å²) in [6.45, 7) is 1.96. The van der Waals surface area contributed by atoms with Gasteiger partial charge in [-0.15, -0.1) is 11.3 Å². The van der Waals surface area contributed by atoms with Gasteiger partial charge in [0, 0.05) is 20.7 Å². The molecular weight excluding hydrogens is 338 g/mol. The van der Waals surface area contributed by atoms with Crippen molar-refractivity contribution in [2.45, 2.75) is 16.7 Å². The molecular formula is C18H17N3OS2. The van der Waals surface area contributed by atoms with Crippen molar-refractivity contribution >= 4 is 34.4 Å². The van der Waals surface area contributed by atoms with Gasteiger partial charge in [0.15, 0.2) is 0 Å². The van der Waals surface area contributed by atoms with Gasteiger partial charge in [-0.25, -0.2) is 4.98 Å². The number of hydrogen-bond donors (Lipinski definition) is 1. The van der Waals surface area contributed by atoms with E-state index in [4.69, 9.17) is 4.74 Å². The smallest absolute Gasteiger partial charge is 0.203 e. The Morgan fingerprint density at radius 3 is 2.88 bits per heavy atom. The van der Waals surface area contributed by atoms with E-state index in [9.17, 15) is 0 Å². The second-order valence-electron chi connectivity index (χ2n) is 4.98. The molecule has 0 saturated heterocycles. The first kappa shape index (κ1) is 16.5. The van der Waals surface area contributed by atoms with Crippen LogP contribution in [0, 0.1) is 6.92 Å². The molecule has 0 aliphatic carbocycles. The van der Waals surface area contributed by atoms with E-state index in [0.717, 1.165) is 31.9 Å². The molecule has 0 fully saturated rings. The van der Waals surface area contributed by atoms with Crippen LogP contribution in [0.5, 0.6) is 5.75 Å². The molecule has 0 unspecified atom stereocenters. The van der Waals surface area contributed by atoms with Crippen LogP contribution in [0.4, 0.5) is 5.13 Å². The Balaban J connectivity index is 1.74. The van der Waals surface area contributed by atoms with E-state index in [2.05, 4.69) is 27.6 Å². The first-order valence-electron chi connectivity index (χ1n) is 7.37. The third-order valence-corrected chi connectivity index (χ3v) is 5.12. The van der Waals surface area contributed by atoms with Gasteiger partial charge < -0.3 is 4.74 Å². The van der Waals surface area contributed by atoms with Gasteiger partial charge in [0.1, 0.15) is 5.75 Å². The average molecular weight is 355 g/mol. The Kier molecular flexibility index (Phi) is 5.51. The van der Waals surface area contributed by atoms with E-state index in [1.165, 1.54) is 0 Å². The van der Waals surface area contributed by atoms with Crippen LogP contribution in [-0.2, 0) is 0 Å². The van der Waals surface area contributed by atoms with Crippen molar-refractivity contribution in [2.75, 3.05) is 12.5 Å². The third-order valence-electron chi connectivity index (χ3n) is 3.17. The first-order chi connectivity index (χ1) is 11.7. The van der Waals surface area contributed by atoms with Crippen LogP contribution >= 0.6 is 23.1 Å². The lowest BCUT2D eigenvalue weighted by Gasteiger charge is -2.07. The number of anilines is 1. The van der Waals surface area contributed by atoms with Gasteiger partial charge in [-0.2, -0.15) is 5.10 Å². The largest absolute Gasteiger partial charge is 0.497 e. The fourth-order valence-corrected chi connectivity index (χ4v) is 3.63. The zero-order chi connectivity index (χ0) is 16.8. The van der Waals surface area contributed by atoms with E-state index in [0.29, 0.717) is 0 Å². The van der Waals surface area contributed by atoms with E-state index in [-0.39, 0.29) is 0 Å². The third kappa shape index (κ3) is 4.37. The summed E-state index contributed by atoms with van der Waals surface area (Å²) in [5, 5.41) is 7.08. The number of nitrogens with zero attached hydrogens (tertiary/aromatic N) is 2. The van der Waals surface area contributed by atoms with Gasteiger partial charge in [-0.1, -0.05) is 36.0 Å². The number of aryl methyl sites for hydroxylation is 1. The number of benzene rings is 2. The van der Waals surface area contributed by atoms with Crippen LogP contribution in [-0.4, -0.2) is 18.3 Å². The average Bonchev–Trinajstić information content (AvgIpc) is 3.02. The summed E-state index contributed by atoms with van der Waals surface area (Å²) >= 11 is 3.22. The Morgan fingerprint density at radius 2 is 2.08 bits per heavy atom. The number of thiazole rings is 1. The lowest BCUT2D eigenvalue weighted by Crippen LogP contribution is -1.92. The minimum Gasteiger partial charge on any atom is -0.497 e. The summed E-state index contributed by atoms with van der Waals surface area (Å²) in [6.07, 6.45) is 1.82. The lowest BCUT2D eigenvalue weighted by atomic mass is 10.2. The van der Waals surface area contributed by atoms with Crippen molar-refractivity contribution in [1.29, 1.82) is 0 Å². The Labute approximate surface area is 149 Å². The highest BCUT2D eigenvalue weighted by atomic mass is 32.2. The standard InChI is InChI=1S/C18H17N3OS2/c1-13-12-23-18(20-13)21-19-11-14-6-3-4-9-17(14)24-16-8-5-7-15(10-16)22-2/h3-12H,1-2H3,(H,20,21). The first-order valence-corrected chi connectivity index (χ1v) is 9.06. The van der Waals surface area contributed by atoms with Crippen molar-refractivity contribution in [3.63, 3.8) is 0 Å². The van der Waals surface area contributed by atoms with Crippen LogP contribution in [0.25, 0.3) is 0 Å². The number of ether oxygens (including phenoxy) is 1. The Morgan fingerprint density at radius 1 is 1.21 bits per heavy atom. The quantitative estimate of drug-likeness (QED) is 0.496. The normalized spacial score (nSPS) is 10.9. The van der Waals surface area contributed by atoms with Crippen LogP contribution in [0.2, 0.25) is 0 Å². The lowest BCUT2D eigenvalue weighted by molar-refractivity contribution is 0.413. The molecule has 2 aromatic carbocycles. The van der Waals surface area contributed by atoms with Gasteiger partial charge in [0.2, 0.25) is 5.13 Å². The number of nitrogens with one attached hydrogen (secondary N) is 1. The molecule has 6 heteroatoms. The highest BCUT2D eigenvalue weighted by Gasteiger charge is 2.04. The maximum absolute atomic E-state index is 5.28. The van der Waals surface area contributed by atoms with Crippen LogP contribution < -0.4 is 10.2 Å². The molecule has 24 heavy (non-hydrogen) atoms. The van der Waals surface area contributed by atoms with Crippen LogP contribution in [0.3, 0.4) is 0 Å². The fraction of sp³-hybridized carbons (Fsp3) is 0.111. The van der Waals surface area contributed by atoms with E-state index in [1.54, 1.807) is 30.2 Å². The van der Waals surface area contributed by atoms with Crippen molar-refractivity contribution in [3.05, 3.63) is 65.2 Å². The highest BCUT2D eigenvalue weighted by Crippen LogP contribution is 2.31. The SMILES string of the molecule is COc1cccc(Sc2ccccc2C=NNc2nc(C)cs2)c1. The molecule has 0 spiro atoms. The summed E-state index contributed by atoms with van der Waals surface area (Å²) < 4.78 is 5.28. The zero-order valence-electron chi connectivity index (χ0n) is 13.4. The predicted molar refractivity (Wildman–Crippen MR) is 102 cm³/mol. The van der Waals surface area contributed by atoms with Gasteiger partial charge in [-0.3, -0.25) is 5.43 Å². The minimum atomic E-state index is 0.793. The summed E-state index contributed by atoms with van der Waals surface area (Å²) in [5.41, 5.74) is 5.01. The van der Waals surface area contributed by atoms with Crippen molar-refractivity contribution in [3.8, 4) is 5.75 Å². The van der Waals surface area contributed by atoms with Crippen molar-refractivity contribution in [1.82, 2.24) is 4.98 Å². The number of hydrazone groups is 1. The monoisotopic (exact) mass is 355 g/mol. The number of rotatable bonds is 6. The second-order valence-corrected chi connectivity index (χ2v) is 6.96. The molecule has 0 aliphatic heterocycles. The van der Waals surface area contributed by atoms with Gasteiger partial charge in [-0.05, 0) is 31.2 Å². The van der Waals surface area contributed by atoms with E-state index < -0.39 is 0 Å². The van der Waals surface area contributed by atoms with Gasteiger partial charge in [0.05, 0.1) is 19.0 Å². The molecule has 0 amide bonds. The molecule has 0 atom stereocenters. The molecule has 1 heterocycles. The Hall–Kier alpha value is -2.31. The number of hydrogen-bond acceptors (Lipinski definition) is 6. The molecule has 0 aliphatic rings. The molecule has 0 saturated carbocycles. The van der Waals surface area contributed by atoms with E-state index in [1.807, 2.05) is 54.9 Å². The minimum absolute atomic E-state index is 0.793. The summed E-state index contributed by atoms with van der Waals surface area (Å²) in [5.74, 6) is 0.854. The maximum atomic E-state index is 5.28.